The third-order valence-corrected chi connectivity index (χ3v) is 5.39. The number of fused-ring (bicyclic) bond motifs is 4. The second kappa shape index (κ2) is 7.78. The number of ether oxygens (including phenoxy) is 3. The van der Waals surface area contributed by atoms with Crippen molar-refractivity contribution in [2.75, 3.05) is 13.7 Å². The number of amides is 1. The van der Waals surface area contributed by atoms with E-state index in [2.05, 4.69) is 5.32 Å². The molecular formula is C24H25NO5. The van der Waals surface area contributed by atoms with Gasteiger partial charge in [0.1, 0.15) is 11.5 Å². The van der Waals surface area contributed by atoms with Crippen molar-refractivity contribution >= 4 is 12.0 Å². The van der Waals surface area contributed by atoms with Crippen LogP contribution in [0.4, 0.5) is 0 Å². The van der Waals surface area contributed by atoms with Crippen LogP contribution in [-0.2, 0) is 4.79 Å². The lowest BCUT2D eigenvalue weighted by Crippen LogP contribution is -2.58. The fourth-order valence-electron chi connectivity index (χ4n) is 4.07. The number of piperidine rings is 1. The molecule has 1 saturated heterocycles. The third kappa shape index (κ3) is 3.61. The van der Waals surface area contributed by atoms with Crippen LogP contribution in [0.3, 0.4) is 0 Å². The van der Waals surface area contributed by atoms with E-state index in [-0.39, 0.29) is 17.6 Å². The smallest absolute Gasteiger partial charge is 0.254 e. The van der Waals surface area contributed by atoms with Crippen LogP contribution in [0, 0.1) is 0 Å². The Morgan fingerprint density at radius 2 is 2.10 bits per heavy atom. The van der Waals surface area contributed by atoms with Gasteiger partial charge in [-0.25, -0.2) is 0 Å². The van der Waals surface area contributed by atoms with Crippen molar-refractivity contribution in [3.8, 4) is 17.2 Å². The number of rotatable bonds is 5. The van der Waals surface area contributed by atoms with Gasteiger partial charge in [0.15, 0.2) is 17.2 Å². The van der Waals surface area contributed by atoms with E-state index in [9.17, 15) is 9.90 Å². The van der Waals surface area contributed by atoms with Gasteiger partial charge in [-0.05, 0) is 43.7 Å². The highest BCUT2D eigenvalue weighted by atomic mass is 16.5. The summed E-state index contributed by atoms with van der Waals surface area (Å²) in [5, 5.41) is 13.7. The van der Waals surface area contributed by atoms with Crippen molar-refractivity contribution in [3.63, 3.8) is 0 Å². The summed E-state index contributed by atoms with van der Waals surface area (Å²) in [6.45, 7) is 4.30. The first-order chi connectivity index (χ1) is 14.4. The number of hydrogen-bond acceptors (Lipinski definition) is 5. The zero-order valence-electron chi connectivity index (χ0n) is 17.3. The number of benzene rings is 2. The zero-order chi connectivity index (χ0) is 21.3. The van der Waals surface area contributed by atoms with Gasteiger partial charge in [-0.15, -0.1) is 0 Å². The molecule has 156 valence electrons. The normalized spacial score (nSPS) is 24.0. The SMILES string of the molecule is CCOc1ccc(/C=C/C(O)=C2\C(=O)NC3(C)CC2c2ccccc2O3)cc1OC. The second-order valence-corrected chi connectivity index (χ2v) is 7.56. The van der Waals surface area contributed by atoms with Gasteiger partial charge >= 0.3 is 0 Å². The minimum Gasteiger partial charge on any atom is -0.507 e. The summed E-state index contributed by atoms with van der Waals surface area (Å²) in [5.74, 6) is 1.36. The van der Waals surface area contributed by atoms with Crippen LogP contribution in [0.5, 0.6) is 17.2 Å². The first-order valence-electron chi connectivity index (χ1n) is 9.96. The van der Waals surface area contributed by atoms with Gasteiger partial charge in [0.25, 0.3) is 5.91 Å². The average molecular weight is 407 g/mol. The number of aliphatic hydroxyl groups excluding tert-OH is 1. The standard InChI is InChI=1S/C24H25NO5/c1-4-29-20-12-10-15(13-21(20)28-3)9-11-18(26)22-17-14-24(2,25-23(22)27)30-19-8-6-5-7-16(17)19/h5-13,17,26H,4,14H2,1-3H3,(H,25,27)/b11-9+,22-18+. The Morgan fingerprint density at radius 3 is 2.87 bits per heavy atom. The largest absolute Gasteiger partial charge is 0.507 e. The van der Waals surface area contributed by atoms with Crippen LogP contribution in [0.1, 0.15) is 37.3 Å². The first-order valence-corrected chi connectivity index (χ1v) is 9.96. The van der Waals surface area contributed by atoms with E-state index in [1.807, 2.05) is 56.3 Å². The summed E-state index contributed by atoms with van der Waals surface area (Å²) < 4.78 is 16.9. The van der Waals surface area contributed by atoms with E-state index in [0.29, 0.717) is 30.1 Å². The molecule has 6 nitrogen and oxygen atoms in total. The molecule has 30 heavy (non-hydrogen) atoms. The van der Waals surface area contributed by atoms with Crippen LogP contribution in [0.25, 0.3) is 6.08 Å². The Labute approximate surface area is 175 Å². The van der Waals surface area contributed by atoms with Gasteiger partial charge < -0.3 is 24.6 Å². The predicted molar refractivity (Wildman–Crippen MR) is 114 cm³/mol. The number of aliphatic hydroxyl groups is 1. The summed E-state index contributed by atoms with van der Waals surface area (Å²) >= 11 is 0. The molecule has 0 aromatic heterocycles. The Hall–Kier alpha value is -3.41. The van der Waals surface area contributed by atoms with Gasteiger partial charge in [0, 0.05) is 17.9 Å². The van der Waals surface area contributed by atoms with Crippen molar-refractivity contribution in [1.82, 2.24) is 5.32 Å². The summed E-state index contributed by atoms with van der Waals surface area (Å²) in [6, 6.07) is 13.1. The van der Waals surface area contributed by atoms with Gasteiger partial charge in [0.2, 0.25) is 0 Å². The molecule has 4 rings (SSSR count). The van der Waals surface area contributed by atoms with Crippen molar-refractivity contribution in [3.05, 3.63) is 71.0 Å². The maximum absolute atomic E-state index is 12.8. The lowest BCUT2D eigenvalue weighted by Gasteiger charge is -2.45. The maximum atomic E-state index is 12.8. The van der Waals surface area contributed by atoms with E-state index in [0.717, 1.165) is 16.9 Å². The lowest BCUT2D eigenvalue weighted by molar-refractivity contribution is -0.127. The molecular weight excluding hydrogens is 382 g/mol. The van der Waals surface area contributed by atoms with E-state index in [1.54, 1.807) is 19.3 Å². The van der Waals surface area contributed by atoms with Crippen LogP contribution < -0.4 is 19.5 Å². The molecule has 1 amide bonds. The molecule has 2 aliphatic rings. The number of nitrogens with one attached hydrogen (secondary N) is 1. The minimum absolute atomic E-state index is 0.0656. The number of carbonyl (C=O) groups is 1. The Kier molecular flexibility index (Phi) is 5.16. The Morgan fingerprint density at radius 1 is 1.30 bits per heavy atom. The molecule has 2 aromatic rings. The predicted octanol–water partition coefficient (Wildman–Crippen LogP) is 4.33. The molecule has 0 spiro atoms. The second-order valence-electron chi connectivity index (χ2n) is 7.56. The van der Waals surface area contributed by atoms with Crippen LogP contribution in [0.15, 0.2) is 59.9 Å². The molecule has 0 radical (unpaired) electrons. The van der Waals surface area contributed by atoms with E-state index >= 15 is 0 Å². The number of allylic oxidation sites excluding steroid dienone is 1. The molecule has 2 atom stereocenters. The van der Waals surface area contributed by atoms with Crippen molar-refractivity contribution < 1.29 is 24.1 Å². The quantitative estimate of drug-likeness (QED) is 0.570. The number of para-hydroxylation sites is 1. The van der Waals surface area contributed by atoms with Gasteiger partial charge in [0.05, 0.1) is 19.3 Å². The maximum Gasteiger partial charge on any atom is 0.254 e. The van der Waals surface area contributed by atoms with Gasteiger partial charge in [-0.2, -0.15) is 0 Å². The molecule has 2 unspecified atom stereocenters. The van der Waals surface area contributed by atoms with Crippen molar-refractivity contribution in [2.45, 2.75) is 31.9 Å². The van der Waals surface area contributed by atoms with E-state index in [4.69, 9.17) is 14.2 Å². The average Bonchev–Trinajstić information content (AvgIpc) is 2.72. The first kappa shape index (κ1) is 19.9. The topological polar surface area (TPSA) is 77.0 Å². The molecule has 6 heteroatoms. The molecule has 1 fully saturated rings. The van der Waals surface area contributed by atoms with Crippen molar-refractivity contribution in [1.29, 1.82) is 0 Å². The third-order valence-electron chi connectivity index (χ3n) is 5.39. The molecule has 2 aliphatic heterocycles. The zero-order valence-corrected chi connectivity index (χ0v) is 17.3. The lowest BCUT2D eigenvalue weighted by atomic mass is 9.78. The summed E-state index contributed by atoms with van der Waals surface area (Å²) in [4.78, 5) is 12.8. The fourth-order valence-corrected chi connectivity index (χ4v) is 4.07. The van der Waals surface area contributed by atoms with Crippen LogP contribution in [-0.4, -0.2) is 30.5 Å². The minimum atomic E-state index is -0.786. The highest BCUT2D eigenvalue weighted by molar-refractivity contribution is 5.98. The van der Waals surface area contributed by atoms with Crippen LogP contribution in [0.2, 0.25) is 0 Å². The summed E-state index contributed by atoms with van der Waals surface area (Å²) in [5.41, 5.74) is 1.28. The Bertz CT molecular complexity index is 1040. The van der Waals surface area contributed by atoms with Gasteiger partial charge in [-0.1, -0.05) is 30.3 Å². The Balaban J connectivity index is 1.68. The monoisotopic (exact) mass is 407 g/mol. The fraction of sp³-hybridized carbons (Fsp3) is 0.292. The molecule has 2 bridgehead atoms. The highest BCUT2D eigenvalue weighted by Crippen LogP contribution is 2.47. The number of carbonyl (C=O) groups excluding carboxylic acids is 1. The van der Waals surface area contributed by atoms with Crippen molar-refractivity contribution in [2.24, 2.45) is 0 Å². The van der Waals surface area contributed by atoms with Gasteiger partial charge in [-0.3, -0.25) is 4.79 Å². The summed E-state index contributed by atoms with van der Waals surface area (Å²) in [7, 11) is 1.58. The highest BCUT2D eigenvalue weighted by Gasteiger charge is 2.47. The molecule has 0 saturated carbocycles. The molecule has 0 aliphatic carbocycles. The van der Waals surface area contributed by atoms with E-state index < -0.39 is 5.72 Å². The molecule has 2 heterocycles. The summed E-state index contributed by atoms with van der Waals surface area (Å²) in [6.07, 6.45) is 3.84. The van der Waals surface area contributed by atoms with E-state index in [1.165, 1.54) is 0 Å². The molecule has 2 aromatic carbocycles. The molecule has 2 N–H and O–H groups in total. The number of hydrogen-bond donors (Lipinski definition) is 2. The van der Waals surface area contributed by atoms with Crippen LogP contribution >= 0.6 is 0 Å². The number of methoxy groups -OCH3 is 1.